The summed E-state index contributed by atoms with van der Waals surface area (Å²) in [6, 6.07) is 5.55. The Balaban J connectivity index is 2.42. The van der Waals surface area contributed by atoms with E-state index in [9.17, 15) is 4.79 Å². The van der Waals surface area contributed by atoms with Crippen LogP contribution >= 0.6 is 0 Å². The third-order valence-electron chi connectivity index (χ3n) is 2.77. The summed E-state index contributed by atoms with van der Waals surface area (Å²) in [4.78, 5) is 11.1. The second-order valence-electron chi connectivity index (χ2n) is 3.93. The largest absolute Gasteiger partial charge is 0.496 e. The molecule has 1 unspecified atom stereocenters. The number of carboxylic acids is 1. The van der Waals surface area contributed by atoms with Crippen molar-refractivity contribution in [2.75, 3.05) is 12.4 Å². The maximum absolute atomic E-state index is 11.1. The molecule has 1 aliphatic heterocycles. The number of nitrogens with one attached hydrogen (secondary N) is 1. The van der Waals surface area contributed by atoms with Gasteiger partial charge < -0.3 is 15.2 Å². The van der Waals surface area contributed by atoms with Crippen LogP contribution < -0.4 is 10.1 Å². The van der Waals surface area contributed by atoms with E-state index in [1.54, 1.807) is 14.0 Å². The number of methoxy groups -OCH3 is 1. The van der Waals surface area contributed by atoms with Crippen LogP contribution in [0.25, 0.3) is 0 Å². The SMILES string of the molecule is COc1cccc2c1CC(C)(C(=O)O)N2. The molecule has 0 bridgehead atoms. The first-order valence-corrected chi connectivity index (χ1v) is 4.74. The van der Waals surface area contributed by atoms with Crippen LogP contribution in [0.2, 0.25) is 0 Å². The molecule has 4 heteroatoms. The standard InChI is InChI=1S/C11H13NO3/c1-11(10(13)14)6-7-8(12-11)4-3-5-9(7)15-2/h3-5,12H,6H2,1-2H3,(H,13,14). The highest BCUT2D eigenvalue weighted by Crippen LogP contribution is 2.38. The van der Waals surface area contributed by atoms with Crippen molar-refractivity contribution in [3.05, 3.63) is 23.8 Å². The van der Waals surface area contributed by atoms with Crippen LogP contribution in [0.15, 0.2) is 18.2 Å². The van der Waals surface area contributed by atoms with Gasteiger partial charge in [-0.2, -0.15) is 0 Å². The lowest BCUT2D eigenvalue weighted by molar-refractivity contribution is -0.141. The molecule has 80 valence electrons. The second kappa shape index (κ2) is 3.15. The van der Waals surface area contributed by atoms with Crippen LogP contribution in [0.3, 0.4) is 0 Å². The number of hydrogen-bond acceptors (Lipinski definition) is 3. The lowest BCUT2D eigenvalue weighted by Gasteiger charge is -2.18. The summed E-state index contributed by atoms with van der Waals surface area (Å²) in [5.41, 5.74) is 0.862. The highest BCUT2D eigenvalue weighted by atomic mass is 16.5. The Morgan fingerprint density at radius 1 is 1.60 bits per heavy atom. The number of hydrogen-bond donors (Lipinski definition) is 2. The van der Waals surface area contributed by atoms with E-state index >= 15 is 0 Å². The van der Waals surface area contributed by atoms with E-state index < -0.39 is 11.5 Å². The number of fused-ring (bicyclic) bond motifs is 1. The molecule has 1 aliphatic rings. The molecule has 4 nitrogen and oxygen atoms in total. The zero-order valence-corrected chi connectivity index (χ0v) is 8.70. The molecule has 0 aliphatic carbocycles. The number of rotatable bonds is 2. The van der Waals surface area contributed by atoms with E-state index in [2.05, 4.69) is 5.32 Å². The number of carbonyl (C=O) groups is 1. The van der Waals surface area contributed by atoms with Gasteiger partial charge in [0.05, 0.1) is 7.11 Å². The second-order valence-corrected chi connectivity index (χ2v) is 3.93. The molecule has 15 heavy (non-hydrogen) atoms. The Morgan fingerprint density at radius 2 is 2.33 bits per heavy atom. The van der Waals surface area contributed by atoms with Crippen molar-refractivity contribution in [3.8, 4) is 5.75 Å². The molecule has 2 rings (SSSR count). The third kappa shape index (κ3) is 1.42. The van der Waals surface area contributed by atoms with Crippen molar-refractivity contribution in [2.45, 2.75) is 18.9 Å². The predicted molar refractivity (Wildman–Crippen MR) is 56.4 cm³/mol. The molecule has 0 spiro atoms. The maximum Gasteiger partial charge on any atom is 0.329 e. The van der Waals surface area contributed by atoms with Crippen molar-refractivity contribution < 1.29 is 14.6 Å². The summed E-state index contributed by atoms with van der Waals surface area (Å²) >= 11 is 0. The van der Waals surface area contributed by atoms with Gasteiger partial charge in [-0.25, -0.2) is 4.79 Å². The molecule has 0 saturated heterocycles. The molecule has 2 N–H and O–H groups in total. The summed E-state index contributed by atoms with van der Waals surface area (Å²) in [6.45, 7) is 1.68. The van der Waals surface area contributed by atoms with Gasteiger partial charge in [-0.3, -0.25) is 0 Å². The first kappa shape index (κ1) is 9.83. The highest BCUT2D eigenvalue weighted by Gasteiger charge is 2.40. The fourth-order valence-corrected chi connectivity index (χ4v) is 1.88. The number of benzene rings is 1. The summed E-state index contributed by atoms with van der Waals surface area (Å²) in [5, 5.41) is 12.1. The van der Waals surface area contributed by atoms with Crippen LogP contribution in [0.5, 0.6) is 5.75 Å². The monoisotopic (exact) mass is 207 g/mol. The maximum atomic E-state index is 11.1. The summed E-state index contributed by atoms with van der Waals surface area (Å²) in [5.74, 6) is -0.106. The first-order valence-electron chi connectivity index (χ1n) is 4.74. The van der Waals surface area contributed by atoms with Crippen LogP contribution in [-0.4, -0.2) is 23.7 Å². The zero-order chi connectivity index (χ0) is 11.1. The van der Waals surface area contributed by atoms with Crippen molar-refractivity contribution in [1.82, 2.24) is 0 Å². The minimum Gasteiger partial charge on any atom is -0.496 e. The summed E-state index contributed by atoms with van der Waals surface area (Å²) < 4.78 is 5.20. The lowest BCUT2D eigenvalue weighted by atomic mass is 9.97. The fraction of sp³-hybridized carbons (Fsp3) is 0.364. The van der Waals surface area contributed by atoms with Gasteiger partial charge in [0.1, 0.15) is 11.3 Å². The van der Waals surface area contributed by atoms with Gasteiger partial charge in [-0.15, -0.1) is 0 Å². The molecule has 0 radical (unpaired) electrons. The van der Waals surface area contributed by atoms with Crippen LogP contribution in [-0.2, 0) is 11.2 Å². The van der Waals surface area contributed by atoms with Crippen molar-refractivity contribution in [1.29, 1.82) is 0 Å². The van der Waals surface area contributed by atoms with Crippen molar-refractivity contribution in [2.24, 2.45) is 0 Å². The fourth-order valence-electron chi connectivity index (χ4n) is 1.88. The number of aliphatic carboxylic acids is 1. The van der Waals surface area contributed by atoms with Gasteiger partial charge in [0.15, 0.2) is 0 Å². The van der Waals surface area contributed by atoms with Gasteiger partial charge in [0, 0.05) is 17.7 Å². The molecule has 0 amide bonds. The molecule has 0 saturated carbocycles. The zero-order valence-electron chi connectivity index (χ0n) is 8.70. The van der Waals surface area contributed by atoms with Gasteiger partial charge in [0.2, 0.25) is 0 Å². The molecule has 1 aromatic carbocycles. The van der Waals surface area contributed by atoms with E-state index in [1.165, 1.54) is 0 Å². The molecule has 1 atom stereocenters. The van der Waals surface area contributed by atoms with E-state index in [0.29, 0.717) is 6.42 Å². The first-order chi connectivity index (χ1) is 7.07. The van der Waals surface area contributed by atoms with Crippen molar-refractivity contribution >= 4 is 11.7 Å². The summed E-state index contributed by atoms with van der Waals surface area (Å²) in [6.07, 6.45) is 0.446. The highest BCUT2D eigenvalue weighted by molar-refractivity contribution is 5.86. The molecular weight excluding hydrogens is 194 g/mol. The normalized spacial score (nSPS) is 23.1. The Hall–Kier alpha value is -1.71. The van der Waals surface area contributed by atoms with Crippen LogP contribution in [0.1, 0.15) is 12.5 Å². The molecule has 0 aromatic heterocycles. The van der Waals surface area contributed by atoms with Crippen LogP contribution in [0, 0.1) is 0 Å². The van der Waals surface area contributed by atoms with Gasteiger partial charge in [0.25, 0.3) is 0 Å². The Bertz CT molecular complexity index is 416. The third-order valence-corrected chi connectivity index (χ3v) is 2.77. The minimum atomic E-state index is -0.920. The quantitative estimate of drug-likeness (QED) is 0.771. The number of carboxylic acid groups (broad SMARTS) is 1. The average molecular weight is 207 g/mol. The smallest absolute Gasteiger partial charge is 0.329 e. The van der Waals surface area contributed by atoms with Gasteiger partial charge in [-0.1, -0.05) is 6.07 Å². The van der Waals surface area contributed by atoms with E-state index in [0.717, 1.165) is 17.0 Å². The van der Waals surface area contributed by atoms with E-state index in [-0.39, 0.29) is 0 Å². The van der Waals surface area contributed by atoms with Crippen LogP contribution in [0.4, 0.5) is 5.69 Å². The molecule has 1 aromatic rings. The van der Waals surface area contributed by atoms with Crippen molar-refractivity contribution in [3.63, 3.8) is 0 Å². The molecular formula is C11H13NO3. The van der Waals surface area contributed by atoms with Gasteiger partial charge in [-0.05, 0) is 19.1 Å². The Labute approximate surface area is 87.9 Å². The Kier molecular flexibility index (Phi) is 2.07. The summed E-state index contributed by atoms with van der Waals surface area (Å²) in [7, 11) is 1.59. The number of ether oxygens (including phenoxy) is 1. The number of anilines is 1. The molecule has 0 fully saturated rings. The Morgan fingerprint density at radius 3 is 2.93 bits per heavy atom. The average Bonchev–Trinajstić information content (AvgIpc) is 2.55. The predicted octanol–water partition coefficient (Wildman–Crippen LogP) is 1.51. The topological polar surface area (TPSA) is 58.6 Å². The van der Waals surface area contributed by atoms with E-state index in [1.807, 2.05) is 18.2 Å². The van der Waals surface area contributed by atoms with E-state index in [4.69, 9.17) is 9.84 Å². The lowest BCUT2D eigenvalue weighted by Crippen LogP contribution is -2.41. The minimum absolute atomic E-state index is 0.446. The van der Waals surface area contributed by atoms with Gasteiger partial charge >= 0.3 is 5.97 Å². The molecule has 1 heterocycles.